The third-order valence-corrected chi connectivity index (χ3v) is 6.17. The van der Waals surface area contributed by atoms with Gasteiger partial charge in [-0.15, -0.1) is 0 Å². The highest BCUT2D eigenvalue weighted by molar-refractivity contribution is 6.01. The first-order valence-corrected chi connectivity index (χ1v) is 9.90. The van der Waals surface area contributed by atoms with E-state index in [-0.39, 0.29) is 29.6 Å². The third kappa shape index (κ3) is 3.37. The van der Waals surface area contributed by atoms with Crippen molar-refractivity contribution in [3.63, 3.8) is 0 Å². The molecule has 28 heavy (non-hydrogen) atoms. The molecule has 146 valence electrons. The number of carbonyl (C=O) groups is 2. The zero-order chi connectivity index (χ0) is 19.6. The van der Waals surface area contributed by atoms with Gasteiger partial charge in [-0.25, -0.2) is 0 Å². The molecule has 0 aromatic heterocycles. The Bertz CT molecular complexity index is 861. The number of nitrogens with one attached hydrogen (secondary N) is 1. The van der Waals surface area contributed by atoms with E-state index >= 15 is 0 Å². The Morgan fingerprint density at radius 1 is 1.14 bits per heavy atom. The van der Waals surface area contributed by atoms with Gasteiger partial charge in [-0.2, -0.15) is 0 Å². The molecule has 2 fully saturated rings. The highest BCUT2D eigenvalue weighted by Crippen LogP contribution is 2.43. The average Bonchev–Trinajstić information content (AvgIpc) is 3.09. The molecular formula is C23H26N2O3. The number of carbonyl (C=O) groups excluding carboxylic acids is 2. The van der Waals surface area contributed by atoms with Crippen LogP contribution in [0.1, 0.15) is 31.2 Å². The molecule has 2 amide bonds. The standard InChI is InChI=1S/C23H26N2O3/c1-28-20-11-6-5-10-19(20)25-15-17(14-21(25)26)22(27)24-16-23(12-7-13-23)18-8-3-2-4-9-18/h2-6,8-11,17H,7,12-16H2,1H3,(H,24,27). The molecule has 0 radical (unpaired) electrons. The Morgan fingerprint density at radius 2 is 1.86 bits per heavy atom. The van der Waals surface area contributed by atoms with Crippen molar-refractivity contribution in [2.45, 2.75) is 31.1 Å². The van der Waals surface area contributed by atoms with Crippen molar-refractivity contribution in [2.24, 2.45) is 5.92 Å². The summed E-state index contributed by atoms with van der Waals surface area (Å²) < 4.78 is 5.37. The Balaban J connectivity index is 1.41. The summed E-state index contributed by atoms with van der Waals surface area (Å²) in [6.45, 7) is 1.03. The van der Waals surface area contributed by atoms with E-state index in [0.717, 1.165) is 18.5 Å². The number of hydrogen-bond acceptors (Lipinski definition) is 3. The van der Waals surface area contributed by atoms with Gasteiger partial charge >= 0.3 is 0 Å². The molecule has 4 rings (SSSR count). The van der Waals surface area contributed by atoms with Crippen molar-refractivity contribution in [1.82, 2.24) is 5.32 Å². The highest BCUT2D eigenvalue weighted by Gasteiger charge is 2.41. The quantitative estimate of drug-likeness (QED) is 0.839. The Kier molecular flexibility index (Phi) is 5.07. The number of anilines is 1. The summed E-state index contributed by atoms with van der Waals surface area (Å²) in [7, 11) is 1.59. The lowest BCUT2D eigenvalue weighted by Gasteiger charge is -2.42. The Morgan fingerprint density at radius 3 is 2.54 bits per heavy atom. The van der Waals surface area contributed by atoms with Crippen LogP contribution < -0.4 is 15.0 Å². The molecule has 1 saturated carbocycles. The lowest BCUT2D eigenvalue weighted by molar-refractivity contribution is -0.126. The van der Waals surface area contributed by atoms with E-state index < -0.39 is 0 Å². The van der Waals surface area contributed by atoms with E-state index in [4.69, 9.17) is 4.74 Å². The first kappa shape index (κ1) is 18.5. The van der Waals surface area contributed by atoms with Crippen molar-refractivity contribution < 1.29 is 14.3 Å². The molecule has 1 aliphatic heterocycles. The van der Waals surface area contributed by atoms with Crippen molar-refractivity contribution in [3.05, 3.63) is 60.2 Å². The number of amides is 2. The summed E-state index contributed by atoms with van der Waals surface area (Å²) in [5.41, 5.74) is 2.06. The summed E-state index contributed by atoms with van der Waals surface area (Å²) in [6, 6.07) is 17.8. The zero-order valence-corrected chi connectivity index (χ0v) is 16.2. The predicted molar refractivity (Wildman–Crippen MR) is 108 cm³/mol. The zero-order valence-electron chi connectivity index (χ0n) is 16.2. The van der Waals surface area contributed by atoms with E-state index in [1.807, 2.05) is 30.3 Å². The Labute approximate surface area is 165 Å². The molecule has 0 spiro atoms. The van der Waals surface area contributed by atoms with Gasteiger partial charge in [0.1, 0.15) is 5.75 Å². The van der Waals surface area contributed by atoms with Gasteiger partial charge in [0.2, 0.25) is 11.8 Å². The van der Waals surface area contributed by atoms with Crippen LogP contribution in [0.3, 0.4) is 0 Å². The highest BCUT2D eigenvalue weighted by atomic mass is 16.5. The summed E-state index contributed by atoms with van der Waals surface area (Å²) in [5, 5.41) is 3.14. The lowest BCUT2D eigenvalue weighted by atomic mass is 9.64. The minimum atomic E-state index is -0.328. The maximum atomic E-state index is 12.8. The second kappa shape index (κ2) is 7.66. The van der Waals surface area contributed by atoms with Gasteiger partial charge in [-0.05, 0) is 30.5 Å². The van der Waals surface area contributed by atoms with Crippen LogP contribution in [-0.2, 0) is 15.0 Å². The predicted octanol–water partition coefficient (Wildman–Crippen LogP) is 3.29. The van der Waals surface area contributed by atoms with Crippen LogP contribution in [0.25, 0.3) is 0 Å². The van der Waals surface area contributed by atoms with E-state index in [1.165, 1.54) is 12.0 Å². The smallest absolute Gasteiger partial charge is 0.227 e. The molecule has 1 heterocycles. The van der Waals surface area contributed by atoms with Crippen LogP contribution in [0, 0.1) is 5.92 Å². The van der Waals surface area contributed by atoms with Crippen LogP contribution in [0.4, 0.5) is 5.69 Å². The van der Waals surface area contributed by atoms with Crippen molar-refractivity contribution in [1.29, 1.82) is 0 Å². The first-order valence-electron chi connectivity index (χ1n) is 9.90. The van der Waals surface area contributed by atoms with Gasteiger partial charge in [0.15, 0.2) is 0 Å². The molecule has 1 saturated heterocycles. The molecule has 1 unspecified atom stereocenters. The van der Waals surface area contributed by atoms with Gasteiger partial charge < -0.3 is 15.0 Å². The van der Waals surface area contributed by atoms with Crippen molar-refractivity contribution in [3.8, 4) is 5.75 Å². The fraction of sp³-hybridized carbons (Fsp3) is 0.391. The molecule has 0 bridgehead atoms. The molecule has 2 aromatic rings. The van der Waals surface area contributed by atoms with E-state index in [0.29, 0.717) is 18.8 Å². The van der Waals surface area contributed by atoms with Crippen molar-refractivity contribution in [2.75, 3.05) is 25.1 Å². The van der Waals surface area contributed by atoms with Crippen LogP contribution in [0.5, 0.6) is 5.75 Å². The number of ether oxygens (including phenoxy) is 1. The Hall–Kier alpha value is -2.82. The molecule has 1 N–H and O–H groups in total. The van der Waals surface area contributed by atoms with Gasteiger partial charge in [0.05, 0.1) is 18.7 Å². The first-order chi connectivity index (χ1) is 13.6. The molecular weight excluding hydrogens is 352 g/mol. The van der Waals surface area contributed by atoms with Crippen LogP contribution in [0.2, 0.25) is 0 Å². The fourth-order valence-electron chi connectivity index (χ4n) is 4.33. The van der Waals surface area contributed by atoms with E-state index in [9.17, 15) is 9.59 Å². The monoisotopic (exact) mass is 378 g/mol. The average molecular weight is 378 g/mol. The van der Waals surface area contributed by atoms with Gasteiger partial charge in [-0.1, -0.05) is 48.9 Å². The summed E-state index contributed by atoms with van der Waals surface area (Å²) >= 11 is 0. The minimum absolute atomic E-state index is 0.0343. The van der Waals surface area contributed by atoms with Gasteiger partial charge in [-0.3, -0.25) is 9.59 Å². The number of rotatable bonds is 6. The van der Waals surface area contributed by atoms with Crippen LogP contribution in [0.15, 0.2) is 54.6 Å². The second-order valence-electron chi connectivity index (χ2n) is 7.79. The molecule has 5 nitrogen and oxygen atoms in total. The number of hydrogen-bond donors (Lipinski definition) is 1. The van der Waals surface area contributed by atoms with Crippen LogP contribution in [-0.4, -0.2) is 32.0 Å². The van der Waals surface area contributed by atoms with E-state index in [1.54, 1.807) is 12.0 Å². The summed E-state index contributed by atoms with van der Waals surface area (Å²) in [4.78, 5) is 27.0. The molecule has 2 aromatic carbocycles. The second-order valence-corrected chi connectivity index (χ2v) is 7.79. The summed E-state index contributed by atoms with van der Waals surface area (Å²) in [5.74, 6) is 0.249. The van der Waals surface area contributed by atoms with Gasteiger partial charge in [0, 0.05) is 24.9 Å². The van der Waals surface area contributed by atoms with Crippen molar-refractivity contribution >= 4 is 17.5 Å². The number of methoxy groups -OCH3 is 1. The molecule has 2 aliphatic rings. The lowest BCUT2D eigenvalue weighted by Crippen LogP contribution is -2.47. The molecule has 1 aliphatic carbocycles. The number of nitrogens with zero attached hydrogens (tertiary/aromatic N) is 1. The SMILES string of the molecule is COc1ccccc1N1CC(C(=O)NCC2(c3ccccc3)CCC2)CC1=O. The molecule has 5 heteroatoms. The number of para-hydroxylation sites is 2. The summed E-state index contributed by atoms with van der Waals surface area (Å²) in [6.07, 6.45) is 3.61. The maximum absolute atomic E-state index is 12.8. The van der Waals surface area contributed by atoms with Gasteiger partial charge in [0.25, 0.3) is 0 Å². The number of benzene rings is 2. The van der Waals surface area contributed by atoms with E-state index in [2.05, 4.69) is 29.6 Å². The fourth-order valence-corrected chi connectivity index (χ4v) is 4.33. The maximum Gasteiger partial charge on any atom is 0.227 e. The topological polar surface area (TPSA) is 58.6 Å². The largest absolute Gasteiger partial charge is 0.495 e. The minimum Gasteiger partial charge on any atom is -0.495 e. The third-order valence-electron chi connectivity index (χ3n) is 6.17. The molecule has 1 atom stereocenters. The van der Waals surface area contributed by atoms with Crippen LogP contribution >= 0.6 is 0 Å². The normalized spacial score (nSPS) is 20.5.